The Hall–Kier alpha value is -2.04. The zero-order valence-electron chi connectivity index (χ0n) is 17.4. The Kier molecular flexibility index (Phi) is 11.6. The molecule has 3 aromatic heterocycles. The first-order valence-electron chi connectivity index (χ1n) is 9.30. The van der Waals surface area contributed by atoms with Crippen LogP contribution in [-0.4, -0.2) is 25.5 Å². The number of nitrogens with two attached hydrogens (primary N) is 1. The van der Waals surface area contributed by atoms with Crippen molar-refractivity contribution in [1.82, 2.24) is 18.9 Å². The fourth-order valence-electron chi connectivity index (χ4n) is 3.32. The molecule has 0 saturated heterocycles. The molecule has 0 aliphatic carbocycles. The molecule has 3 N–H and O–H groups in total. The number of nitrogens with one attached hydrogen (secondary N) is 1. The Bertz CT molecular complexity index is 1360. The summed E-state index contributed by atoms with van der Waals surface area (Å²) >= 11 is 7.95. The first kappa shape index (κ1) is 30.0. The van der Waals surface area contributed by atoms with Crippen LogP contribution < -0.4 is 15.8 Å². The highest BCUT2D eigenvalue weighted by Gasteiger charge is 2.12. The maximum atomic E-state index is 6.52. The summed E-state index contributed by atoms with van der Waals surface area (Å²) in [7, 11) is 0. The topological polar surface area (TPSA) is 90.9 Å². The predicted molar refractivity (Wildman–Crippen MR) is 150 cm³/mol. The molecule has 0 unspecified atom stereocenters. The van der Waals surface area contributed by atoms with E-state index in [2.05, 4.69) is 19.7 Å². The van der Waals surface area contributed by atoms with Crippen LogP contribution in [0.2, 0.25) is 5.02 Å². The molecule has 13 heteroatoms. The molecule has 2 aromatic carbocycles. The zero-order valence-corrected chi connectivity index (χ0v) is 22.2. The molecule has 0 aliphatic heterocycles. The van der Waals surface area contributed by atoms with E-state index < -0.39 is 0 Å². The molecule has 0 bridgehead atoms. The lowest BCUT2D eigenvalue weighted by atomic mass is 10.2. The summed E-state index contributed by atoms with van der Waals surface area (Å²) in [5, 5.41) is 4.78. The minimum atomic E-state index is 0. The van der Waals surface area contributed by atoms with Gasteiger partial charge < -0.3 is 20.4 Å². The monoisotopic (exact) mass is 580 g/mol. The second-order valence-electron chi connectivity index (χ2n) is 6.62. The van der Waals surface area contributed by atoms with Crippen molar-refractivity contribution in [1.29, 1.82) is 0 Å². The maximum absolute atomic E-state index is 6.52. The highest BCUT2D eigenvalue weighted by Crippen LogP contribution is 2.36. The molecule has 0 spiro atoms. The molecular formula is C21H21Cl5N6OS. The van der Waals surface area contributed by atoms with Crippen LogP contribution >= 0.6 is 72.8 Å². The van der Waals surface area contributed by atoms with Crippen molar-refractivity contribution in [3.05, 3.63) is 66.2 Å². The van der Waals surface area contributed by atoms with Crippen LogP contribution in [0.15, 0.2) is 61.2 Å². The molecule has 0 saturated carbocycles. The van der Waals surface area contributed by atoms with Gasteiger partial charge in [0.2, 0.25) is 0 Å². The smallest absolute Gasteiger partial charge is 0.158 e. The third kappa shape index (κ3) is 5.95. The summed E-state index contributed by atoms with van der Waals surface area (Å²) in [5.74, 6) is 1.98. The molecule has 7 nitrogen and oxygen atoms in total. The fourth-order valence-corrected chi connectivity index (χ4v) is 4.20. The molecule has 182 valence electrons. The normalized spacial score (nSPS) is 9.94. The van der Waals surface area contributed by atoms with Gasteiger partial charge in [-0.05, 0) is 47.9 Å². The number of ether oxygens (including phenoxy) is 1. The van der Waals surface area contributed by atoms with Crippen LogP contribution in [0.3, 0.4) is 0 Å². The minimum absolute atomic E-state index is 0. The molecule has 0 radical (unpaired) electrons. The summed E-state index contributed by atoms with van der Waals surface area (Å²) < 4.78 is 13.4. The number of fused-ring (bicyclic) bond motifs is 2. The van der Waals surface area contributed by atoms with E-state index in [1.807, 2.05) is 53.2 Å². The maximum Gasteiger partial charge on any atom is 0.158 e. The number of hydrogen-bond acceptors (Lipinski definition) is 7. The van der Waals surface area contributed by atoms with Gasteiger partial charge in [0.25, 0.3) is 0 Å². The number of benzene rings is 2. The molecule has 0 fully saturated rings. The average molecular weight is 583 g/mol. The lowest BCUT2D eigenvalue weighted by Crippen LogP contribution is -2.10. The van der Waals surface area contributed by atoms with Gasteiger partial charge in [0, 0.05) is 25.0 Å². The molecule has 5 aromatic rings. The first-order chi connectivity index (χ1) is 14.7. The van der Waals surface area contributed by atoms with Crippen molar-refractivity contribution in [2.75, 3.05) is 11.9 Å². The summed E-state index contributed by atoms with van der Waals surface area (Å²) in [6.07, 6.45) is 5.29. The van der Waals surface area contributed by atoms with E-state index in [-0.39, 0.29) is 49.6 Å². The van der Waals surface area contributed by atoms with E-state index in [4.69, 9.17) is 22.1 Å². The number of aromatic nitrogens is 4. The van der Waals surface area contributed by atoms with Gasteiger partial charge in [-0.2, -0.15) is 4.37 Å². The van der Waals surface area contributed by atoms with Crippen molar-refractivity contribution in [3.63, 3.8) is 0 Å². The number of nitrogens with zero attached hydrogens (tertiary/aromatic N) is 4. The number of halogens is 5. The van der Waals surface area contributed by atoms with Crippen molar-refractivity contribution < 1.29 is 4.74 Å². The Morgan fingerprint density at radius 3 is 2.62 bits per heavy atom. The zero-order chi connectivity index (χ0) is 20.5. The second kappa shape index (κ2) is 13.2. The third-order valence-corrected chi connectivity index (χ3v) is 5.75. The summed E-state index contributed by atoms with van der Waals surface area (Å²) in [6, 6.07) is 13.4. The van der Waals surface area contributed by atoms with Gasteiger partial charge in [0.1, 0.15) is 23.3 Å². The molecule has 0 atom stereocenters. The van der Waals surface area contributed by atoms with Gasteiger partial charge in [0.05, 0.1) is 26.8 Å². The lowest BCUT2D eigenvalue weighted by molar-refractivity contribution is 0.489. The SMILES string of the molecule is Cl.Cl.Cl.Cl.NCCn1ccc2ncnc(Nc3ccc(Oc4cccc5sncc45)c(Cl)c3)c21. The van der Waals surface area contributed by atoms with Gasteiger partial charge in [-0.1, -0.05) is 17.7 Å². The Balaban J connectivity index is 0.00000144. The predicted octanol–water partition coefficient (Wildman–Crippen LogP) is 6.88. The van der Waals surface area contributed by atoms with Crippen molar-refractivity contribution in [2.45, 2.75) is 6.54 Å². The van der Waals surface area contributed by atoms with Gasteiger partial charge in [0.15, 0.2) is 5.82 Å². The highest BCUT2D eigenvalue weighted by atomic mass is 35.5. The van der Waals surface area contributed by atoms with Gasteiger partial charge in [-0.25, -0.2) is 9.97 Å². The number of rotatable bonds is 6. The van der Waals surface area contributed by atoms with Gasteiger partial charge in [-0.15, -0.1) is 49.6 Å². The average Bonchev–Trinajstić information content (AvgIpc) is 3.39. The number of anilines is 2. The summed E-state index contributed by atoms with van der Waals surface area (Å²) in [6.45, 7) is 1.21. The number of hydrogen-bond donors (Lipinski definition) is 2. The standard InChI is InChI=1S/C21H17ClN6OS.4ClH/c22-15-10-13(27-21-20-16(24-12-25-21)6-8-28(20)9-7-23)4-5-18(15)29-17-2-1-3-19-14(17)11-26-30-19;;;;/h1-6,8,10-12H,7,9,23H2,(H,24,25,27);4*1H. The van der Waals surface area contributed by atoms with Gasteiger partial charge in [-0.3, -0.25) is 0 Å². The van der Waals surface area contributed by atoms with E-state index in [1.165, 1.54) is 17.9 Å². The van der Waals surface area contributed by atoms with E-state index in [1.54, 1.807) is 6.20 Å². The molecule has 3 heterocycles. The van der Waals surface area contributed by atoms with E-state index in [0.717, 1.165) is 32.6 Å². The molecular weight excluding hydrogens is 562 g/mol. The third-order valence-electron chi connectivity index (χ3n) is 4.69. The molecule has 0 amide bonds. The second-order valence-corrected chi connectivity index (χ2v) is 7.86. The van der Waals surface area contributed by atoms with Crippen molar-refractivity contribution in [3.8, 4) is 11.5 Å². The lowest BCUT2D eigenvalue weighted by Gasteiger charge is -2.12. The Morgan fingerprint density at radius 2 is 1.85 bits per heavy atom. The van der Waals surface area contributed by atoms with E-state index >= 15 is 0 Å². The van der Waals surface area contributed by atoms with Crippen molar-refractivity contribution >= 4 is 105 Å². The van der Waals surface area contributed by atoms with Crippen LogP contribution in [0.4, 0.5) is 11.5 Å². The Morgan fingerprint density at radius 1 is 1.03 bits per heavy atom. The molecule has 34 heavy (non-hydrogen) atoms. The van der Waals surface area contributed by atoms with Crippen molar-refractivity contribution in [2.24, 2.45) is 5.73 Å². The van der Waals surface area contributed by atoms with Crippen LogP contribution in [0, 0.1) is 0 Å². The highest BCUT2D eigenvalue weighted by molar-refractivity contribution is 7.13. The fraction of sp³-hybridized carbons (Fsp3) is 0.0952. The van der Waals surface area contributed by atoms with Gasteiger partial charge >= 0.3 is 0 Å². The van der Waals surface area contributed by atoms with E-state index in [0.29, 0.717) is 29.7 Å². The van der Waals surface area contributed by atoms with Crippen LogP contribution in [0.25, 0.3) is 21.1 Å². The van der Waals surface area contributed by atoms with Crippen LogP contribution in [0.5, 0.6) is 11.5 Å². The molecule has 0 aliphatic rings. The Labute approximate surface area is 229 Å². The quantitative estimate of drug-likeness (QED) is 0.227. The van der Waals surface area contributed by atoms with E-state index in [9.17, 15) is 0 Å². The minimum Gasteiger partial charge on any atom is -0.455 e. The van der Waals surface area contributed by atoms with Crippen LogP contribution in [-0.2, 0) is 6.54 Å². The summed E-state index contributed by atoms with van der Waals surface area (Å²) in [5.41, 5.74) is 8.27. The summed E-state index contributed by atoms with van der Waals surface area (Å²) in [4.78, 5) is 8.72. The largest absolute Gasteiger partial charge is 0.455 e. The van der Waals surface area contributed by atoms with Crippen LogP contribution in [0.1, 0.15) is 0 Å². The first-order valence-corrected chi connectivity index (χ1v) is 10.5. The molecule has 5 rings (SSSR count).